The van der Waals surface area contributed by atoms with Gasteiger partial charge in [0.25, 0.3) is 10.0 Å². The number of nitrogens with zero attached hydrogens (tertiary/aromatic N) is 3. The Morgan fingerprint density at radius 1 is 1.18 bits per heavy atom. The number of aromatic nitrogens is 2. The molecule has 2 aromatic heterocycles. The molecule has 2 heterocycles. The van der Waals surface area contributed by atoms with Crippen LogP contribution < -0.4 is 0 Å². The summed E-state index contributed by atoms with van der Waals surface area (Å²) in [5.41, 5.74) is -0.207. The Morgan fingerprint density at radius 2 is 1.86 bits per heavy atom. The van der Waals surface area contributed by atoms with Crippen LogP contribution in [0.4, 0.5) is 5.69 Å². The molecule has 0 aliphatic heterocycles. The zero-order valence-corrected chi connectivity index (χ0v) is 12.8. The summed E-state index contributed by atoms with van der Waals surface area (Å²) >= 11 is 0. The molecule has 1 aromatic carbocycles. The molecule has 0 aliphatic carbocycles. The van der Waals surface area contributed by atoms with Crippen molar-refractivity contribution in [1.29, 1.82) is 0 Å². The molecule has 0 unspecified atom stereocenters. The van der Waals surface area contributed by atoms with E-state index >= 15 is 0 Å². The maximum absolute atomic E-state index is 12.5. The minimum absolute atomic E-state index is 0. The van der Waals surface area contributed by atoms with Gasteiger partial charge >= 0.3 is 0 Å². The van der Waals surface area contributed by atoms with E-state index in [1.54, 1.807) is 18.2 Å². The molecule has 3 rings (SSSR count). The number of fused-ring (bicyclic) bond motifs is 1. The summed E-state index contributed by atoms with van der Waals surface area (Å²) in [6.45, 7) is 0. The van der Waals surface area contributed by atoms with Crippen LogP contribution in [0.25, 0.3) is 11.0 Å². The number of rotatable bonds is 3. The second-order valence-electron chi connectivity index (χ2n) is 4.19. The minimum atomic E-state index is -3.79. The van der Waals surface area contributed by atoms with Crippen molar-refractivity contribution in [2.45, 2.75) is 4.90 Å². The van der Waals surface area contributed by atoms with Gasteiger partial charge in [0.1, 0.15) is 0 Å². The monoisotopic (exact) mass is 358 g/mol. The Labute approximate surface area is 136 Å². The smallest absolute Gasteiger partial charge is 0.260 e. The van der Waals surface area contributed by atoms with E-state index in [4.69, 9.17) is 0 Å². The molecule has 114 valence electrons. The van der Waals surface area contributed by atoms with Crippen molar-refractivity contribution < 1.29 is 30.4 Å². The van der Waals surface area contributed by atoms with Crippen LogP contribution >= 0.6 is 0 Å². The number of hydrogen-bond acceptors (Lipinski definition) is 5. The Balaban J connectivity index is 0.00000176. The van der Waals surface area contributed by atoms with Crippen molar-refractivity contribution in [3.8, 4) is 0 Å². The van der Waals surface area contributed by atoms with E-state index in [-0.39, 0.29) is 38.7 Å². The first-order valence-corrected chi connectivity index (χ1v) is 7.28. The first-order chi connectivity index (χ1) is 10.00. The topological polar surface area (TPSA) is 95.1 Å². The molecule has 0 saturated carbocycles. The Morgan fingerprint density at radius 3 is 2.50 bits per heavy atom. The van der Waals surface area contributed by atoms with Crippen LogP contribution in [0.1, 0.15) is 0 Å². The van der Waals surface area contributed by atoms with E-state index in [2.05, 4.69) is 11.1 Å². The minimum Gasteiger partial charge on any atom is -0.328 e. The molecular weight excluding hydrogens is 350 g/mol. The fourth-order valence-corrected chi connectivity index (χ4v) is 3.24. The summed E-state index contributed by atoms with van der Waals surface area (Å²) < 4.78 is 26.0. The molecule has 0 saturated heterocycles. The van der Waals surface area contributed by atoms with Crippen molar-refractivity contribution in [2.75, 3.05) is 0 Å². The normalized spacial score (nSPS) is 11.1. The van der Waals surface area contributed by atoms with E-state index in [0.717, 1.165) is 10.2 Å². The third-order valence-corrected chi connectivity index (χ3v) is 4.58. The standard InChI is InChI=1S/C13H8N3O4S.Fe/c17-16(18)11-8-10-6-7-15(13(10)14-9-11)21(19,20)12-4-2-1-3-5-12;/h1-7,9H;/q-1;. The molecular formula is C13H8FeN3O4S-. The van der Waals surface area contributed by atoms with Crippen LogP contribution in [-0.4, -0.2) is 22.3 Å². The molecule has 0 fully saturated rings. The molecule has 7 nitrogen and oxygen atoms in total. The molecule has 9 heteroatoms. The van der Waals surface area contributed by atoms with E-state index in [1.165, 1.54) is 24.4 Å². The third kappa shape index (κ3) is 2.61. The number of pyridine rings is 1. The molecule has 0 N–H and O–H groups in total. The fourth-order valence-electron chi connectivity index (χ4n) is 1.92. The molecule has 0 bridgehead atoms. The van der Waals surface area contributed by atoms with Crippen LogP contribution in [0.2, 0.25) is 0 Å². The van der Waals surface area contributed by atoms with E-state index in [9.17, 15) is 18.5 Å². The van der Waals surface area contributed by atoms with Gasteiger partial charge in [-0.25, -0.2) is 8.42 Å². The van der Waals surface area contributed by atoms with Gasteiger partial charge in [-0.1, -0.05) is 29.7 Å². The molecule has 0 atom stereocenters. The van der Waals surface area contributed by atoms with Crippen LogP contribution in [0.3, 0.4) is 0 Å². The van der Waals surface area contributed by atoms with Crippen molar-refractivity contribution in [3.63, 3.8) is 0 Å². The summed E-state index contributed by atoms with van der Waals surface area (Å²) in [6, 6.07) is 11.8. The summed E-state index contributed by atoms with van der Waals surface area (Å²) in [5.74, 6) is 0. The Kier molecular flexibility index (Phi) is 4.32. The van der Waals surface area contributed by atoms with Gasteiger partial charge in [0.05, 0.1) is 10.5 Å². The average Bonchev–Trinajstić information content (AvgIpc) is 2.91. The van der Waals surface area contributed by atoms with Gasteiger partial charge in [0, 0.05) is 28.2 Å². The zero-order valence-electron chi connectivity index (χ0n) is 10.9. The quantitative estimate of drug-likeness (QED) is 0.309. The number of benzene rings is 1. The van der Waals surface area contributed by atoms with E-state index in [0.29, 0.717) is 0 Å². The first kappa shape index (κ1) is 16.2. The number of hydrogen-bond donors (Lipinski definition) is 0. The van der Waals surface area contributed by atoms with Gasteiger partial charge in [-0.3, -0.25) is 14.1 Å². The van der Waals surface area contributed by atoms with Crippen molar-refractivity contribution >= 4 is 26.7 Å². The van der Waals surface area contributed by atoms with Crippen molar-refractivity contribution in [3.05, 3.63) is 65.0 Å². The second kappa shape index (κ2) is 5.88. The molecule has 0 radical (unpaired) electrons. The predicted octanol–water partition coefficient (Wildman–Crippen LogP) is 1.98. The third-order valence-electron chi connectivity index (χ3n) is 2.89. The van der Waals surface area contributed by atoms with Crippen LogP contribution in [0, 0.1) is 16.2 Å². The second-order valence-corrected chi connectivity index (χ2v) is 6.01. The maximum Gasteiger partial charge on any atom is 0.260 e. The van der Waals surface area contributed by atoms with Gasteiger partial charge in [-0.2, -0.15) is 0 Å². The Bertz CT molecular complexity index is 938. The summed E-state index contributed by atoms with van der Waals surface area (Å²) in [4.78, 5) is 14.0. The van der Waals surface area contributed by atoms with Crippen molar-refractivity contribution in [1.82, 2.24) is 8.96 Å². The number of nitro groups is 1. The first-order valence-electron chi connectivity index (χ1n) is 5.84. The fraction of sp³-hybridized carbons (Fsp3) is 0. The molecule has 3 aromatic rings. The predicted molar refractivity (Wildman–Crippen MR) is 74.2 cm³/mol. The van der Waals surface area contributed by atoms with Gasteiger partial charge in [-0.15, -0.1) is 6.07 Å². The van der Waals surface area contributed by atoms with Gasteiger partial charge < -0.3 is 4.98 Å². The van der Waals surface area contributed by atoms with Gasteiger partial charge in [0.15, 0.2) is 0 Å². The molecule has 0 amide bonds. The van der Waals surface area contributed by atoms with Crippen LogP contribution in [0.5, 0.6) is 0 Å². The maximum atomic E-state index is 12.5. The van der Waals surface area contributed by atoms with E-state index in [1.807, 2.05) is 0 Å². The summed E-state index contributed by atoms with van der Waals surface area (Å²) in [7, 11) is -3.79. The zero-order chi connectivity index (χ0) is 15.0. The summed E-state index contributed by atoms with van der Waals surface area (Å²) in [5, 5.41) is 10.9. The Hall–Kier alpha value is -2.22. The molecule has 22 heavy (non-hydrogen) atoms. The van der Waals surface area contributed by atoms with E-state index < -0.39 is 14.9 Å². The molecule has 0 spiro atoms. The van der Waals surface area contributed by atoms with Crippen LogP contribution in [0.15, 0.2) is 53.7 Å². The summed E-state index contributed by atoms with van der Waals surface area (Å²) in [6.07, 6.45) is 2.29. The van der Waals surface area contributed by atoms with Crippen LogP contribution in [-0.2, 0) is 27.1 Å². The average molecular weight is 358 g/mol. The largest absolute Gasteiger partial charge is 0.328 e. The molecule has 0 aliphatic rings. The van der Waals surface area contributed by atoms with Gasteiger partial charge in [0.2, 0.25) is 5.69 Å². The SMILES string of the molecule is O=[N+]([O-])c1[c-]c2ccn(S(=O)(=O)c3ccccc3)c2nc1.[Fe]. The van der Waals surface area contributed by atoms with Gasteiger partial charge in [-0.05, 0) is 18.3 Å². The van der Waals surface area contributed by atoms with Crippen molar-refractivity contribution in [2.24, 2.45) is 0 Å².